The van der Waals surface area contributed by atoms with E-state index in [1.807, 2.05) is 0 Å². The minimum Gasteiger partial charge on any atom is -0.490 e. The van der Waals surface area contributed by atoms with Gasteiger partial charge in [-0.05, 0) is 18.2 Å². The van der Waals surface area contributed by atoms with Gasteiger partial charge in [0.15, 0.2) is 0 Å². The minimum atomic E-state index is -1.26. The molecule has 21 heavy (non-hydrogen) atoms. The number of benzene rings is 1. The Morgan fingerprint density at radius 2 is 2.19 bits per heavy atom. The van der Waals surface area contributed by atoms with Crippen LogP contribution in [0.15, 0.2) is 30.0 Å². The first kappa shape index (κ1) is 15.3. The number of hydrogen-bond acceptors (Lipinski definition) is 6. The number of aliphatic carboxylic acids is 1. The maximum absolute atomic E-state index is 10.9. The summed E-state index contributed by atoms with van der Waals surface area (Å²) in [6.45, 7) is 0.101. The third-order valence-corrected chi connectivity index (χ3v) is 2.85. The fraction of sp³-hybridized carbons (Fsp3) is 0.357. The van der Waals surface area contributed by atoms with E-state index in [-0.39, 0.29) is 24.7 Å². The fourth-order valence-electron chi connectivity index (χ4n) is 1.95. The summed E-state index contributed by atoms with van der Waals surface area (Å²) in [5, 5.41) is 28.5. The molecular weight excluding hydrogens is 280 g/mol. The van der Waals surface area contributed by atoms with E-state index in [0.717, 1.165) is 6.08 Å². The molecule has 2 rings (SSSR count). The van der Waals surface area contributed by atoms with Crippen molar-refractivity contribution >= 4 is 5.97 Å². The molecule has 0 bridgehead atoms. The lowest BCUT2D eigenvalue weighted by molar-refractivity contribution is -0.135. The quantitative estimate of drug-likeness (QED) is 0.700. The van der Waals surface area contributed by atoms with E-state index in [2.05, 4.69) is 0 Å². The number of methoxy groups -OCH3 is 1. The Bertz CT molecular complexity index is 552. The van der Waals surface area contributed by atoms with Crippen molar-refractivity contribution in [2.45, 2.75) is 12.2 Å². The number of ether oxygens (including phenoxy) is 3. The van der Waals surface area contributed by atoms with Crippen LogP contribution in [0.5, 0.6) is 11.5 Å². The molecule has 1 aliphatic heterocycles. The predicted molar refractivity (Wildman–Crippen MR) is 71.1 cm³/mol. The predicted octanol–water partition coefficient (Wildman–Crippen LogP) is 0.467. The molecule has 114 valence electrons. The summed E-state index contributed by atoms with van der Waals surface area (Å²) >= 11 is 0. The molecular formula is C14H16O7. The summed E-state index contributed by atoms with van der Waals surface area (Å²) < 4.78 is 15.4. The lowest BCUT2D eigenvalue weighted by Crippen LogP contribution is -2.23. The maximum atomic E-state index is 10.9. The monoisotopic (exact) mass is 296 g/mol. The third kappa shape index (κ3) is 3.52. The van der Waals surface area contributed by atoms with Gasteiger partial charge in [0.25, 0.3) is 0 Å². The van der Waals surface area contributed by atoms with Crippen molar-refractivity contribution < 1.29 is 34.3 Å². The average molecular weight is 296 g/mol. The van der Waals surface area contributed by atoms with Gasteiger partial charge in [0.05, 0.1) is 12.2 Å². The number of hydrogen-bond donors (Lipinski definition) is 3. The molecule has 0 spiro atoms. The molecule has 0 aliphatic carbocycles. The number of aliphatic hydroxyl groups excluding tert-OH is 2. The highest BCUT2D eigenvalue weighted by Crippen LogP contribution is 2.39. The Morgan fingerprint density at radius 1 is 1.43 bits per heavy atom. The Hall–Kier alpha value is -2.09. The van der Waals surface area contributed by atoms with Crippen LogP contribution in [0.25, 0.3) is 0 Å². The molecule has 0 radical (unpaired) electrons. The second-order valence-electron chi connectivity index (χ2n) is 4.47. The molecule has 1 aliphatic rings. The molecule has 0 amide bonds. The second kappa shape index (κ2) is 6.57. The maximum Gasteiger partial charge on any atom is 0.371 e. The van der Waals surface area contributed by atoms with Crippen LogP contribution in [-0.2, 0) is 9.53 Å². The zero-order valence-corrected chi connectivity index (χ0v) is 11.4. The molecule has 1 aromatic carbocycles. The minimum absolute atomic E-state index is 0.0213. The second-order valence-corrected chi connectivity index (χ2v) is 4.47. The first-order valence-corrected chi connectivity index (χ1v) is 6.26. The van der Waals surface area contributed by atoms with E-state index in [1.165, 1.54) is 13.2 Å². The molecule has 3 N–H and O–H groups in total. The summed E-state index contributed by atoms with van der Waals surface area (Å²) in [6, 6.07) is 4.74. The van der Waals surface area contributed by atoms with Gasteiger partial charge < -0.3 is 29.5 Å². The van der Waals surface area contributed by atoms with Gasteiger partial charge in [-0.3, -0.25) is 0 Å². The molecule has 7 nitrogen and oxygen atoms in total. The molecule has 0 aromatic heterocycles. The van der Waals surface area contributed by atoms with E-state index in [9.17, 15) is 15.0 Å². The molecule has 2 atom stereocenters. The lowest BCUT2D eigenvalue weighted by atomic mass is 10.0. The number of carboxylic acids is 1. The number of fused-ring (bicyclic) bond motifs is 1. The van der Waals surface area contributed by atoms with E-state index >= 15 is 0 Å². The van der Waals surface area contributed by atoms with Crippen LogP contribution >= 0.6 is 0 Å². The zero-order chi connectivity index (χ0) is 15.4. The van der Waals surface area contributed by atoms with Crippen LogP contribution in [-0.4, -0.2) is 47.7 Å². The van der Waals surface area contributed by atoms with Gasteiger partial charge >= 0.3 is 5.97 Å². The van der Waals surface area contributed by atoms with Crippen molar-refractivity contribution in [3.63, 3.8) is 0 Å². The highest BCUT2D eigenvalue weighted by atomic mass is 16.5. The Kier molecular flexibility index (Phi) is 4.79. The number of rotatable bonds is 6. The molecule has 7 heteroatoms. The SMILES string of the molecule is COCC(O)COc1cccc2c1C(O)C=C(C(=O)O)O2. The van der Waals surface area contributed by atoms with Gasteiger partial charge in [0.1, 0.15) is 30.3 Å². The van der Waals surface area contributed by atoms with E-state index < -0.39 is 18.2 Å². The molecule has 1 heterocycles. The zero-order valence-electron chi connectivity index (χ0n) is 11.4. The van der Waals surface area contributed by atoms with Crippen molar-refractivity contribution in [2.75, 3.05) is 20.3 Å². The molecule has 0 saturated heterocycles. The van der Waals surface area contributed by atoms with Gasteiger partial charge in [0, 0.05) is 7.11 Å². The number of carboxylic acid groups (broad SMARTS) is 1. The summed E-state index contributed by atoms with van der Waals surface area (Å²) in [6.07, 6.45) is -0.878. The van der Waals surface area contributed by atoms with E-state index in [4.69, 9.17) is 19.3 Å². The van der Waals surface area contributed by atoms with Crippen molar-refractivity contribution in [1.82, 2.24) is 0 Å². The Balaban J connectivity index is 2.18. The number of aliphatic hydroxyl groups is 2. The number of carbonyl (C=O) groups is 1. The molecule has 1 aromatic rings. The van der Waals surface area contributed by atoms with Crippen LogP contribution in [0, 0.1) is 0 Å². The standard InChI is InChI=1S/C14H16O7/c1-19-6-8(15)7-20-10-3-2-4-11-13(10)9(16)5-12(21-11)14(17)18/h2-5,8-9,15-16H,6-7H2,1H3,(H,17,18). The highest BCUT2D eigenvalue weighted by Gasteiger charge is 2.27. The smallest absolute Gasteiger partial charge is 0.371 e. The van der Waals surface area contributed by atoms with E-state index in [1.54, 1.807) is 12.1 Å². The van der Waals surface area contributed by atoms with E-state index in [0.29, 0.717) is 11.3 Å². The van der Waals surface area contributed by atoms with Gasteiger partial charge in [-0.1, -0.05) is 6.07 Å². The van der Waals surface area contributed by atoms with Gasteiger partial charge in [0.2, 0.25) is 5.76 Å². The largest absolute Gasteiger partial charge is 0.490 e. The van der Waals surface area contributed by atoms with Crippen molar-refractivity contribution in [3.05, 3.63) is 35.6 Å². The summed E-state index contributed by atoms with van der Waals surface area (Å²) in [5.41, 5.74) is 0.326. The van der Waals surface area contributed by atoms with Crippen LogP contribution in [0.2, 0.25) is 0 Å². The summed E-state index contributed by atoms with van der Waals surface area (Å²) in [5.74, 6) is -1.08. The summed E-state index contributed by atoms with van der Waals surface area (Å²) in [7, 11) is 1.46. The Labute approximate surface area is 121 Å². The van der Waals surface area contributed by atoms with Crippen molar-refractivity contribution in [3.8, 4) is 11.5 Å². The van der Waals surface area contributed by atoms with Crippen LogP contribution in [0.1, 0.15) is 11.7 Å². The van der Waals surface area contributed by atoms with Gasteiger partial charge in [-0.25, -0.2) is 4.79 Å². The highest BCUT2D eigenvalue weighted by molar-refractivity contribution is 5.85. The first-order chi connectivity index (χ1) is 10.0. The molecule has 2 unspecified atom stereocenters. The topological polar surface area (TPSA) is 105 Å². The fourth-order valence-corrected chi connectivity index (χ4v) is 1.95. The normalized spacial score (nSPS) is 18.2. The molecule has 0 fully saturated rings. The van der Waals surface area contributed by atoms with Gasteiger partial charge in [-0.15, -0.1) is 0 Å². The molecule has 0 saturated carbocycles. The summed E-state index contributed by atoms with van der Waals surface area (Å²) in [4.78, 5) is 10.9. The van der Waals surface area contributed by atoms with Crippen LogP contribution in [0.4, 0.5) is 0 Å². The van der Waals surface area contributed by atoms with Gasteiger partial charge in [-0.2, -0.15) is 0 Å². The first-order valence-electron chi connectivity index (χ1n) is 6.26. The van der Waals surface area contributed by atoms with Crippen molar-refractivity contribution in [2.24, 2.45) is 0 Å². The average Bonchev–Trinajstić information content (AvgIpc) is 2.44. The van der Waals surface area contributed by atoms with Crippen LogP contribution in [0.3, 0.4) is 0 Å². The van der Waals surface area contributed by atoms with Crippen LogP contribution < -0.4 is 9.47 Å². The lowest BCUT2D eigenvalue weighted by Gasteiger charge is -2.23. The Morgan fingerprint density at radius 3 is 2.86 bits per heavy atom. The third-order valence-electron chi connectivity index (χ3n) is 2.85. The van der Waals surface area contributed by atoms with Crippen molar-refractivity contribution in [1.29, 1.82) is 0 Å².